The minimum absolute atomic E-state index is 0.0768. The Labute approximate surface area is 167 Å². The molecule has 2 aromatic rings. The summed E-state index contributed by atoms with van der Waals surface area (Å²) in [5.41, 5.74) is 1.83. The van der Waals surface area contributed by atoms with E-state index < -0.39 is 29.8 Å². The maximum absolute atomic E-state index is 12.4. The molecular weight excluding hydrogens is 376 g/mol. The third-order valence-corrected chi connectivity index (χ3v) is 4.59. The molecule has 8 nitrogen and oxygen atoms in total. The minimum Gasteiger partial charge on any atom is -0.495 e. The van der Waals surface area contributed by atoms with Crippen molar-refractivity contribution in [1.29, 1.82) is 0 Å². The number of carbonyl (C=O) groups excluding carboxylic acids is 4. The van der Waals surface area contributed by atoms with E-state index in [1.54, 1.807) is 12.1 Å². The average molecular weight is 396 g/mol. The molecule has 1 heterocycles. The third kappa shape index (κ3) is 3.82. The Morgan fingerprint density at radius 2 is 1.72 bits per heavy atom. The van der Waals surface area contributed by atoms with Crippen molar-refractivity contribution < 1.29 is 28.7 Å². The largest absolute Gasteiger partial charge is 0.495 e. The average Bonchev–Trinajstić information content (AvgIpc) is 2.91. The first-order chi connectivity index (χ1) is 13.7. The quantitative estimate of drug-likeness (QED) is 0.615. The van der Waals surface area contributed by atoms with Crippen LogP contribution in [0.4, 0.5) is 5.69 Å². The predicted octanol–water partition coefficient (Wildman–Crippen LogP) is 2.41. The summed E-state index contributed by atoms with van der Waals surface area (Å²) >= 11 is 0. The summed E-state index contributed by atoms with van der Waals surface area (Å²) < 4.78 is 10.4. The van der Waals surface area contributed by atoms with Crippen LogP contribution in [-0.4, -0.2) is 48.9 Å². The van der Waals surface area contributed by atoms with Crippen molar-refractivity contribution in [2.45, 2.75) is 20.0 Å². The summed E-state index contributed by atoms with van der Waals surface area (Å²) in [6.07, 6.45) is -1.10. The van der Waals surface area contributed by atoms with E-state index in [1.165, 1.54) is 39.3 Å². The van der Waals surface area contributed by atoms with Gasteiger partial charge in [0.1, 0.15) is 5.75 Å². The predicted molar refractivity (Wildman–Crippen MR) is 104 cm³/mol. The van der Waals surface area contributed by atoms with Crippen LogP contribution < -0.4 is 10.1 Å². The van der Waals surface area contributed by atoms with Crippen molar-refractivity contribution in [2.75, 3.05) is 19.5 Å². The molecule has 1 aliphatic rings. The number of carbonyl (C=O) groups is 4. The highest BCUT2D eigenvalue weighted by atomic mass is 16.5. The third-order valence-electron chi connectivity index (χ3n) is 4.59. The highest BCUT2D eigenvalue weighted by molar-refractivity contribution is 6.21. The summed E-state index contributed by atoms with van der Waals surface area (Å²) in [5, 5.41) is 2.67. The molecule has 3 rings (SSSR count). The Bertz CT molecular complexity index is 1030. The zero-order chi connectivity index (χ0) is 21.3. The standard InChI is InChI=1S/C21H20N2O6/c1-11-5-8-17(28-4)16(9-11)22-18(24)12(2)29-21(27)13-6-7-14-15(10-13)20(26)23(3)19(14)25/h5-10,12H,1-4H3,(H,22,24). The van der Waals surface area contributed by atoms with Gasteiger partial charge < -0.3 is 14.8 Å². The molecule has 1 unspecified atom stereocenters. The van der Waals surface area contributed by atoms with E-state index in [4.69, 9.17) is 9.47 Å². The van der Waals surface area contributed by atoms with Gasteiger partial charge in [-0.25, -0.2) is 4.79 Å². The molecule has 0 radical (unpaired) electrons. The van der Waals surface area contributed by atoms with Gasteiger partial charge in [0.15, 0.2) is 6.10 Å². The highest BCUT2D eigenvalue weighted by Crippen LogP contribution is 2.26. The lowest BCUT2D eigenvalue weighted by atomic mass is 10.1. The molecule has 1 aliphatic heterocycles. The topological polar surface area (TPSA) is 102 Å². The zero-order valence-corrected chi connectivity index (χ0v) is 16.4. The first-order valence-electron chi connectivity index (χ1n) is 8.86. The molecule has 2 aromatic carbocycles. The number of amides is 3. The van der Waals surface area contributed by atoms with E-state index in [0.29, 0.717) is 11.4 Å². The number of rotatable bonds is 5. The molecule has 0 aromatic heterocycles. The minimum atomic E-state index is -1.10. The molecule has 29 heavy (non-hydrogen) atoms. The summed E-state index contributed by atoms with van der Waals surface area (Å²) in [4.78, 5) is 49.8. The Morgan fingerprint density at radius 3 is 2.41 bits per heavy atom. The summed E-state index contributed by atoms with van der Waals surface area (Å²) in [6, 6.07) is 9.40. The molecule has 0 spiro atoms. The van der Waals surface area contributed by atoms with Gasteiger partial charge in [0.05, 0.1) is 29.5 Å². The number of ether oxygens (including phenoxy) is 2. The second kappa shape index (κ2) is 7.75. The van der Waals surface area contributed by atoms with E-state index in [1.807, 2.05) is 13.0 Å². The van der Waals surface area contributed by atoms with Crippen molar-refractivity contribution in [2.24, 2.45) is 0 Å². The summed E-state index contributed by atoms with van der Waals surface area (Å²) in [6.45, 7) is 3.31. The first kappa shape index (κ1) is 20.1. The molecule has 3 amide bonds. The molecule has 0 fully saturated rings. The molecule has 0 saturated carbocycles. The molecular formula is C21H20N2O6. The molecule has 150 valence electrons. The van der Waals surface area contributed by atoms with Crippen molar-refractivity contribution in [1.82, 2.24) is 4.90 Å². The Morgan fingerprint density at radius 1 is 1.03 bits per heavy atom. The van der Waals surface area contributed by atoms with E-state index >= 15 is 0 Å². The maximum atomic E-state index is 12.4. The fraction of sp³-hybridized carbons (Fsp3) is 0.238. The fourth-order valence-corrected chi connectivity index (χ4v) is 2.92. The smallest absolute Gasteiger partial charge is 0.338 e. The van der Waals surface area contributed by atoms with E-state index in [9.17, 15) is 19.2 Å². The van der Waals surface area contributed by atoms with Crippen molar-refractivity contribution >= 4 is 29.4 Å². The second-order valence-corrected chi connectivity index (χ2v) is 6.67. The van der Waals surface area contributed by atoms with Crippen LogP contribution in [0.25, 0.3) is 0 Å². The molecule has 1 atom stereocenters. The van der Waals surface area contributed by atoms with Crippen LogP contribution in [0.2, 0.25) is 0 Å². The van der Waals surface area contributed by atoms with Crippen LogP contribution in [0, 0.1) is 6.92 Å². The Balaban J connectivity index is 1.71. The Kier molecular flexibility index (Phi) is 5.36. The number of hydrogen-bond acceptors (Lipinski definition) is 6. The Hall–Kier alpha value is -3.68. The van der Waals surface area contributed by atoms with Gasteiger partial charge in [-0.2, -0.15) is 0 Å². The van der Waals surface area contributed by atoms with Crippen LogP contribution in [0.3, 0.4) is 0 Å². The monoisotopic (exact) mass is 396 g/mol. The van der Waals surface area contributed by atoms with Crippen LogP contribution in [-0.2, 0) is 9.53 Å². The number of esters is 1. The molecule has 1 N–H and O–H groups in total. The molecule has 0 saturated heterocycles. The lowest BCUT2D eigenvalue weighted by Crippen LogP contribution is -2.30. The van der Waals surface area contributed by atoms with Gasteiger partial charge in [0.2, 0.25) is 0 Å². The normalized spacial score (nSPS) is 13.7. The van der Waals surface area contributed by atoms with Crippen molar-refractivity contribution in [3.63, 3.8) is 0 Å². The maximum Gasteiger partial charge on any atom is 0.338 e. The lowest BCUT2D eigenvalue weighted by Gasteiger charge is -2.15. The summed E-state index contributed by atoms with van der Waals surface area (Å²) in [7, 11) is 2.86. The number of fused-ring (bicyclic) bond motifs is 1. The number of methoxy groups -OCH3 is 1. The van der Waals surface area contributed by atoms with E-state index in [0.717, 1.165) is 10.5 Å². The molecule has 0 bridgehead atoms. The number of nitrogens with one attached hydrogen (secondary N) is 1. The number of hydrogen-bond donors (Lipinski definition) is 1. The van der Waals surface area contributed by atoms with Crippen LogP contribution >= 0.6 is 0 Å². The molecule has 8 heteroatoms. The SMILES string of the molecule is COc1ccc(C)cc1NC(=O)C(C)OC(=O)c1ccc2c(c1)C(=O)N(C)C2=O. The number of imide groups is 1. The van der Waals surface area contributed by atoms with Gasteiger partial charge in [-0.15, -0.1) is 0 Å². The van der Waals surface area contributed by atoms with Gasteiger partial charge in [-0.1, -0.05) is 6.07 Å². The number of aryl methyl sites for hydroxylation is 1. The van der Waals surface area contributed by atoms with Crippen LogP contribution in [0.1, 0.15) is 43.6 Å². The lowest BCUT2D eigenvalue weighted by molar-refractivity contribution is -0.123. The van der Waals surface area contributed by atoms with Crippen LogP contribution in [0.15, 0.2) is 36.4 Å². The van der Waals surface area contributed by atoms with Gasteiger partial charge in [0.25, 0.3) is 17.7 Å². The number of anilines is 1. The first-order valence-corrected chi connectivity index (χ1v) is 8.86. The number of nitrogens with zero attached hydrogens (tertiary/aromatic N) is 1. The van der Waals surface area contributed by atoms with E-state index in [-0.39, 0.29) is 16.7 Å². The van der Waals surface area contributed by atoms with Crippen molar-refractivity contribution in [3.05, 3.63) is 58.7 Å². The van der Waals surface area contributed by atoms with Gasteiger partial charge in [-0.3, -0.25) is 19.3 Å². The highest BCUT2D eigenvalue weighted by Gasteiger charge is 2.33. The van der Waals surface area contributed by atoms with Gasteiger partial charge in [-0.05, 0) is 49.7 Å². The number of benzene rings is 2. The van der Waals surface area contributed by atoms with E-state index in [2.05, 4.69) is 5.32 Å². The van der Waals surface area contributed by atoms with Crippen LogP contribution in [0.5, 0.6) is 5.75 Å². The fourth-order valence-electron chi connectivity index (χ4n) is 2.92. The molecule has 0 aliphatic carbocycles. The zero-order valence-electron chi connectivity index (χ0n) is 16.4. The van der Waals surface area contributed by atoms with Gasteiger partial charge in [0, 0.05) is 7.05 Å². The van der Waals surface area contributed by atoms with Gasteiger partial charge >= 0.3 is 5.97 Å². The second-order valence-electron chi connectivity index (χ2n) is 6.67. The summed E-state index contributed by atoms with van der Waals surface area (Å²) in [5.74, 6) is -1.74. The van der Waals surface area contributed by atoms with Crippen molar-refractivity contribution in [3.8, 4) is 5.75 Å².